The number of carbonyl (C=O) groups is 1. The van der Waals surface area contributed by atoms with Crippen molar-refractivity contribution in [1.82, 2.24) is 5.32 Å². The minimum Gasteiger partial charge on any atom is -0.324 e. The smallest absolute Gasteiger partial charge is 0.238 e. The van der Waals surface area contributed by atoms with Gasteiger partial charge < -0.3 is 10.6 Å². The van der Waals surface area contributed by atoms with Crippen molar-refractivity contribution in [3.8, 4) is 0 Å². The number of nitrogens with one attached hydrogen (secondary N) is 2. The summed E-state index contributed by atoms with van der Waals surface area (Å²) in [5.74, 6) is -0.0970. The molecule has 4 heteroatoms. The molecule has 0 aliphatic carbocycles. The molecule has 1 aromatic rings. The second kappa shape index (κ2) is 7.09. The lowest BCUT2D eigenvalue weighted by molar-refractivity contribution is -0.115. The first kappa shape index (κ1) is 13.7. The van der Waals surface area contributed by atoms with Crippen molar-refractivity contribution in [2.75, 3.05) is 18.4 Å². The average Bonchev–Trinajstić information content (AvgIpc) is 2.27. The first-order chi connectivity index (χ1) is 8.09. The monoisotopic (exact) mass is 252 g/mol. The number of anilines is 1. The molecule has 0 fully saturated rings. The molecule has 0 atom stereocenters. The summed E-state index contributed by atoms with van der Waals surface area (Å²) in [6, 6.07) is 7.17. The van der Waals surface area contributed by atoms with Gasteiger partial charge in [0.1, 0.15) is 0 Å². The zero-order valence-corrected chi connectivity index (χ0v) is 10.8. The highest BCUT2D eigenvalue weighted by Crippen LogP contribution is 2.19. The first-order valence-corrected chi connectivity index (χ1v) is 5.86. The maximum Gasteiger partial charge on any atom is 0.238 e. The van der Waals surface area contributed by atoms with E-state index in [2.05, 4.69) is 10.6 Å². The lowest BCUT2D eigenvalue weighted by Gasteiger charge is -2.07. The van der Waals surface area contributed by atoms with Crippen molar-refractivity contribution >= 4 is 23.2 Å². The molecular formula is C13H17ClN2O. The standard InChI is InChI=1S/C13H17ClN2O/c1-10(2)7-8-15-9-13(17)16-12-6-4-3-5-11(12)14/h3-7,15H,8-9H2,1-2H3,(H,16,17). The second-order valence-corrected chi connectivity index (χ2v) is 4.35. The quantitative estimate of drug-likeness (QED) is 0.625. The van der Waals surface area contributed by atoms with Crippen LogP contribution in [-0.2, 0) is 4.79 Å². The van der Waals surface area contributed by atoms with Crippen LogP contribution in [-0.4, -0.2) is 19.0 Å². The zero-order valence-electron chi connectivity index (χ0n) is 10.1. The van der Waals surface area contributed by atoms with Crippen LogP contribution in [0.3, 0.4) is 0 Å². The van der Waals surface area contributed by atoms with Crippen molar-refractivity contribution < 1.29 is 4.79 Å². The average molecular weight is 253 g/mol. The fraction of sp³-hybridized carbons (Fsp3) is 0.308. The molecule has 0 saturated heterocycles. The molecular weight excluding hydrogens is 236 g/mol. The minimum atomic E-state index is -0.0970. The molecule has 17 heavy (non-hydrogen) atoms. The summed E-state index contributed by atoms with van der Waals surface area (Å²) in [5.41, 5.74) is 1.87. The van der Waals surface area contributed by atoms with Crippen LogP contribution in [0.1, 0.15) is 13.8 Å². The Labute approximate surface area is 107 Å². The Morgan fingerprint density at radius 1 is 1.35 bits per heavy atom. The van der Waals surface area contributed by atoms with Crippen LogP contribution in [0.15, 0.2) is 35.9 Å². The Morgan fingerprint density at radius 2 is 2.06 bits per heavy atom. The molecule has 0 heterocycles. The number of hydrogen-bond donors (Lipinski definition) is 2. The maximum atomic E-state index is 11.6. The van der Waals surface area contributed by atoms with E-state index in [0.717, 1.165) is 0 Å². The molecule has 0 bridgehead atoms. The van der Waals surface area contributed by atoms with Crippen LogP contribution >= 0.6 is 11.6 Å². The van der Waals surface area contributed by atoms with Crippen LogP contribution in [0.2, 0.25) is 5.02 Å². The molecule has 2 N–H and O–H groups in total. The van der Waals surface area contributed by atoms with Gasteiger partial charge in [0.25, 0.3) is 0 Å². The van der Waals surface area contributed by atoms with Crippen molar-refractivity contribution in [2.24, 2.45) is 0 Å². The lowest BCUT2D eigenvalue weighted by Crippen LogP contribution is -2.28. The Morgan fingerprint density at radius 3 is 2.71 bits per heavy atom. The number of hydrogen-bond acceptors (Lipinski definition) is 2. The van der Waals surface area contributed by atoms with E-state index >= 15 is 0 Å². The first-order valence-electron chi connectivity index (χ1n) is 5.48. The summed E-state index contributed by atoms with van der Waals surface area (Å²) in [5, 5.41) is 6.32. The highest BCUT2D eigenvalue weighted by atomic mass is 35.5. The molecule has 1 amide bonds. The van der Waals surface area contributed by atoms with Crippen molar-refractivity contribution in [2.45, 2.75) is 13.8 Å². The van der Waals surface area contributed by atoms with Gasteiger partial charge in [0.2, 0.25) is 5.91 Å². The minimum absolute atomic E-state index is 0.0970. The Kier molecular flexibility index (Phi) is 5.73. The number of rotatable bonds is 5. The Bertz CT molecular complexity index is 412. The summed E-state index contributed by atoms with van der Waals surface area (Å²) >= 11 is 5.93. The molecule has 0 aromatic heterocycles. The predicted molar refractivity (Wildman–Crippen MR) is 72.4 cm³/mol. The van der Waals surface area contributed by atoms with E-state index in [4.69, 9.17) is 11.6 Å². The SMILES string of the molecule is CC(C)=CCNCC(=O)Nc1ccccc1Cl. The van der Waals surface area contributed by atoms with E-state index < -0.39 is 0 Å². The third kappa shape index (κ3) is 5.52. The molecule has 0 spiro atoms. The zero-order chi connectivity index (χ0) is 12.7. The third-order valence-corrected chi connectivity index (χ3v) is 2.42. The van der Waals surface area contributed by atoms with E-state index in [9.17, 15) is 4.79 Å². The summed E-state index contributed by atoms with van der Waals surface area (Å²) in [4.78, 5) is 11.6. The van der Waals surface area contributed by atoms with E-state index in [0.29, 0.717) is 17.3 Å². The van der Waals surface area contributed by atoms with Gasteiger partial charge in [-0.1, -0.05) is 35.4 Å². The summed E-state index contributed by atoms with van der Waals surface area (Å²) in [7, 11) is 0. The summed E-state index contributed by atoms with van der Waals surface area (Å²) in [6.07, 6.45) is 2.03. The molecule has 1 aromatic carbocycles. The van der Waals surface area contributed by atoms with Crippen molar-refractivity contribution in [1.29, 1.82) is 0 Å². The van der Waals surface area contributed by atoms with Gasteiger partial charge in [-0.15, -0.1) is 0 Å². The van der Waals surface area contributed by atoms with E-state index in [1.165, 1.54) is 5.57 Å². The van der Waals surface area contributed by atoms with Crippen LogP contribution in [0.25, 0.3) is 0 Å². The second-order valence-electron chi connectivity index (χ2n) is 3.94. The third-order valence-electron chi connectivity index (χ3n) is 2.09. The fourth-order valence-electron chi connectivity index (χ4n) is 1.22. The summed E-state index contributed by atoms with van der Waals surface area (Å²) in [6.45, 7) is 5.00. The molecule has 1 rings (SSSR count). The molecule has 0 aliphatic rings. The van der Waals surface area contributed by atoms with Gasteiger partial charge in [-0.25, -0.2) is 0 Å². The molecule has 3 nitrogen and oxygen atoms in total. The number of amides is 1. The van der Waals surface area contributed by atoms with Gasteiger partial charge in [-0.3, -0.25) is 4.79 Å². The molecule has 0 radical (unpaired) electrons. The largest absolute Gasteiger partial charge is 0.324 e. The van der Waals surface area contributed by atoms with Gasteiger partial charge in [-0.05, 0) is 26.0 Å². The van der Waals surface area contributed by atoms with Crippen LogP contribution < -0.4 is 10.6 Å². The topological polar surface area (TPSA) is 41.1 Å². The normalized spacial score (nSPS) is 9.82. The fourth-order valence-corrected chi connectivity index (χ4v) is 1.40. The van der Waals surface area contributed by atoms with Gasteiger partial charge in [0.05, 0.1) is 17.3 Å². The van der Waals surface area contributed by atoms with Gasteiger partial charge >= 0.3 is 0 Å². The number of halogens is 1. The highest BCUT2D eigenvalue weighted by molar-refractivity contribution is 6.33. The van der Waals surface area contributed by atoms with Gasteiger partial charge in [-0.2, -0.15) is 0 Å². The predicted octanol–water partition coefficient (Wildman–Crippen LogP) is 2.83. The van der Waals surface area contributed by atoms with Crippen molar-refractivity contribution in [3.05, 3.63) is 40.9 Å². The molecule has 0 aliphatic heterocycles. The van der Waals surface area contributed by atoms with Crippen molar-refractivity contribution in [3.63, 3.8) is 0 Å². The Balaban J connectivity index is 2.35. The molecule has 92 valence electrons. The van der Waals surface area contributed by atoms with Crippen LogP contribution in [0.5, 0.6) is 0 Å². The Hall–Kier alpha value is -1.32. The highest BCUT2D eigenvalue weighted by Gasteiger charge is 2.03. The van der Waals surface area contributed by atoms with E-state index in [1.807, 2.05) is 32.1 Å². The maximum absolute atomic E-state index is 11.6. The number of para-hydroxylation sites is 1. The van der Waals surface area contributed by atoms with Gasteiger partial charge in [0.15, 0.2) is 0 Å². The number of allylic oxidation sites excluding steroid dienone is 1. The van der Waals surface area contributed by atoms with Crippen LogP contribution in [0.4, 0.5) is 5.69 Å². The van der Waals surface area contributed by atoms with Crippen LogP contribution in [0, 0.1) is 0 Å². The number of carbonyl (C=O) groups excluding carboxylic acids is 1. The van der Waals surface area contributed by atoms with E-state index in [1.54, 1.807) is 12.1 Å². The lowest BCUT2D eigenvalue weighted by atomic mass is 10.3. The summed E-state index contributed by atoms with van der Waals surface area (Å²) < 4.78 is 0. The van der Waals surface area contributed by atoms with E-state index in [-0.39, 0.29) is 12.5 Å². The molecule has 0 saturated carbocycles. The molecule has 0 unspecified atom stereocenters. The number of benzene rings is 1. The van der Waals surface area contributed by atoms with Gasteiger partial charge in [0, 0.05) is 6.54 Å².